The Labute approximate surface area is 138 Å². The highest BCUT2D eigenvalue weighted by atomic mass is 16.7. The second-order valence-electron chi connectivity index (χ2n) is 5.94. The molecule has 0 bridgehead atoms. The van der Waals surface area contributed by atoms with Crippen LogP contribution in [0.2, 0.25) is 0 Å². The molecule has 2 aromatic rings. The highest BCUT2D eigenvalue weighted by Gasteiger charge is 2.32. The Hall–Kier alpha value is -2.45. The molecule has 0 amide bonds. The van der Waals surface area contributed by atoms with Crippen LogP contribution in [-0.2, 0) is 14.2 Å². The number of nitrogens with one attached hydrogen (secondary N) is 1. The van der Waals surface area contributed by atoms with Gasteiger partial charge in [-0.05, 0) is 26.0 Å². The lowest BCUT2D eigenvalue weighted by molar-refractivity contribution is -0.136. The fourth-order valence-electron chi connectivity index (χ4n) is 2.63. The number of hydrogen-bond donors (Lipinski definition) is 1. The summed E-state index contributed by atoms with van der Waals surface area (Å²) < 4.78 is 17.2. The number of hydrogen-bond acceptors (Lipinski definition) is 7. The summed E-state index contributed by atoms with van der Waals surface area (Å²) in [6.45, 7) is 4.44. The second-order valence-corrected chi connectivity index (χ2v) is 5.94. The molecule has 128 valence electrons. The molecule has 1 saturated heterocycles. The van der Waals surface area contributed by atoms with Gasteiger partial charge in [0.15, 0.2) is 5.79 Å². The smallest absolute Gasteiger partial charge is 0.343 e. The average molecular weight is 333 g/mol. The number of carbonyl (C=O) groups excluding carboxylic acids is 1. The van der Waals surface area contributed by atoms with E-state index < -0.39 is 17.3 Å². The van der Waals surface area contributed by atoms with E-state index in [0.29, 0.717) is 24.1 Å². The second kappa shape index (κ2) is 6.21. The standard InChI is InChI=1S/C16H19N3O5/c1-16(2)23-9-11(24-16)8-18-19-13-4-5-17-7-10(13)6-12(14(19)20)15(21)22-3/h4-7,11,18H,8-9H2,1-3H3. The quantitative estimate of drug-likeness (QED) is 0.830. The third-order valence-corrected chi connectivity index (χ3v) is 3.75. The lowest BCUT2D eigenvalue weighted by atomic mass is 10.2. The molecule has 2 aromatic heterocycles. The van der Waals surface area contributed by atoms with Gasteiger partial charge < -0.3 is 19.6 Å². The summed E-state index contributed by atoms with van der Waals surface area (Å²) in [6.07, 6.45) is 2.96. The van der Waals surface area contributed by atoms with E-state index in [1.165, 1.54) is 17.9 Å². The fraction of sp³-hybridized carbons (Fsp3) is 0.438. The highest BCUT2D eigenvalue weighted by molar-refractivity contribution is 5.93. The molecule has 8 heteroatoms. The molecule has 1 unspecified atom stereocenters. The summed E-state index contributed by atoms with van der Waals surface area (Å²) in [5.41, 5.74) is 3.08. The SMILES string of the molecule is COC(=O)c1cc2cnccc2n(NCC2COC(C)(C)O2)c1=O. The van der Waals surface area contributed by atoms with Gasteiger partial charge in [-0.15, -0.1) is 0 Å². The van der Waals surface area contributed by atoms with E-state index in [-0.39, 0.29) is 11.7 Å². The van der Waals surface area contributed by atoms with Crippen molar-refractivity contribution in [1.29, 1.82) is 0 Å². The van der Waals surface area contributed by atoms with Crippen molar-refractivity contribution in [3.8, 4) is 0 Å². The van der Waals surface area contributed by atoms with Gasteiger partial charge in [0, 0.05) is 17.8 Å². The molecular weight excluding hydrogens is 314 g/mol. The largest absolute Gasteiger partial charge is 0.465 e. The van der Waals surface area contributed by atoms with Crippen LogP contribution in [0.15, 0.2) is 29.3 Å². The topological polar surface area (TPSA) is 91.7 Å². The molecule has 3 rings (SSSR count). The molecule has 0 saturated carbocycles. The molecule has 1 aliphatic rings. The predicted octanol–water partition coefficient (Wildman–Crippen LogP) is 0.878. The molecule has 1 atom stereocenters. The number of methoxy groups -OCH3 is 1. The number of rotatable bonds is 4. The third-order valence-electron chi connectivity index (χ3n) is 3.75. The molecule has 0 aliphatic carbocycles. The monoisotopic (exact) mass is 333 g/mol. The Morgan fingerprint density at radius 3 is 3.00 bits per heavy atom. The van der Waals surface area contributed by atoms with Crippen molar-refractivity contribution in [3.63, 3.8) is 0 Å². The summed E-state index contributed by atoms with van der Waals surface area (Å²) in [7, 11) is 1.23. The van der Waals surface area contributed by atoms with Crippen LogP contribution in [0.25, 0.3) is 10.9 Å². The molecule has 0 aromatic carbocycles. The minimum absolute atomic E-state index is 0.0607. The maximum Gasteiger partial charge on any atom is 0.343 e. The van der Waals surface area contributed by atoms with Crippen LogP contribution in [0.3, 0.4) is 0 Å². The zero-order chi connectivity index (χ0) is 17.3. The normalized spacial score (nSPS) is 19.4. The highest BCUT2D eigenvalue weighted by Crippen LogP contribution is 2.22. The molecule has 1 aliphatic heterocycles. The van der Waals surface area contributed by atoms with Gasteiger partial charge in [-0.2, -0.15) is 0 Å². The van der Waals surface area contributed by atoms with E-state index >= 15 is 0 Å². The lowest BCUT2D eigenvalue weighted by Crippen LogP contribution is -2.37. The Morgan fingerprint density at radius 2 is 2.33 bits per heavy atom. The first-order valence-electron chi connectivity index (χ1n) is 7.55. The zero-order valence-electron chi connectivity index (χ0n) is 13.7. The van der Waals surface area contributed by atoms with Crippen LogP contribution in [0.5, 0.6) is 0 Å². The van der Waals surface area contributed by atoms with Crippen LogP contribution in [0.1, 0.15) is 24.2 Å². The van der Waals surface area contributed by atoms with Crippen LogP contribution in [0, 0.1) is 0 Å². The van der Waals surface area contributed by atoms with Crippen LogP contribution >= 0.6 is 0 Å². The minimum Gasteiger partial charge on any atom is -0.465 e. The van der Waals surface area contributed by atoms with E-state index in [1.807, 2.05) is 13.8 Å². The number of pyridine rings is 2. The van der Waals surface area contributed by atoms with E-state index in [9.17, 15) is 9.59 Å². The van der Waals surface area contributed by atoms with E-state index in [2.05, 4.69) is 15.1 Å². The molecule has 1 fully saturated rings. The molecular formula is C16H19N3O5. The number of aromatic nitrogens is 2. The molecule has 3 heterocycles. The maximum absolute atomic E-state index is 12.6. The van der Waals surface area contributed by atoms with Gasteiger partial charge in [0.1, 0.15) is 11.7 Å². The number of fused-ring (bicyclic) bond motifs is 1. The summed E-state index contributed by atoms with van der Waals surface area (Å²) >= 11 is 0. The third kappa shape index (κ3) is 3.10. The number of nitrogens with zero attached hydrogens (tertiary/aromatic N) is 2. The van der Waals surface area contributed by atoms with Gasteiger partial charge in [-0.3, -0.25) is 9.78 Å². The van der Waals surface area contributed by atoms with Gasteiger partial charge in [0.25, 0.3) is 5.56 Å². The van der Waals surface area contributed by atoms with Crippen molar-refractivity contribution in [2.45, 2.75) is 25.7 Å². The molecule has 24 heavy (non-hydrogen) atoms. The van der Waals surface area contributed by atoms with Gasteiger partial charge in [0.05, 0.1) is 25.8 Å². The van der Waals surface area contributed by atoms with Crippen LogP contribution < -0.4 is 11.0 Å². The van der Waals surface area contributed by atoms with Gasteiger partial charge >= 0.3 is 5.97 Å². The number of esters is 1. The van der Waals surface area contributed by atoms with Crippen molar-refractivity contribution >= 4 is 16.9 Å². The summed E-state index contributed by atoms with van der Waals surface area (Å²) in [6, 6.07) is 3.17. The van der Waals surface area contributed by atoms with E-state index in [4.69, 9.17) is 9.47 Å². The van der Waals surface area contributed by atoms with Crippen LogP contribution in [0.4, 0.5) is 0 Å². The van der Waals surface area contributed by atoms with E-state index in [0.717, 1.165) is 0 Å². The fourth-order valence-corrected chi connectivity index (χ4v) is 2.63. The Balaban J connectivity index is 1.95. The zero-order valence-corrected chi connectivity index (χ0v) is 13.7. The maximum atomic E-state index is 12.6. The van der Waals surface area contributed by atoms with E-state index in [1.54, 1.807) is 18.5 Å². The molecule has 1 N–H and O–H groups in total. The minimum atomic E-state index is -0.692. The summed E-state index contributed by atoms with van der Waals surface area (Å²) in [5, 5.41) is 0.647. The number of ether oxygens (including phenoxy) is 3. The van der Waals surface area contributed by atoms with Crippen molar-refractivity contribution in [3.05, 3.63) is 40.4 Å². The van der Waals surface area contributed by atoms with Crippen molar-refractivity contribution in [1.82, 2.24) is 9.66 Å². The first-order chi connectivity index (χ1) is 11.4. The van der Waals surface area contributed by atoms with Crippen LogP contribution in [-0.4, -0.2) is 47.8 Å². The van der Waals surface area contributed by atoms with Gasteiger partial charge in [0.2, 0.25) is 0 Å². The predicted molar refractivity (Wildman–Crippen MR) is 86.5 cm³/mol. The molecule has 0 spiro atoms. The van der Waals surface area contributed by atoms with Crippen molar-refractivity contribution < 1.29 is 19.0 Å². The molecule has 8 nitrogen and oxygen atoms in total. The van der Waals surface area contributed by atoms with Gasteiger partial charge in [-0.25, -0.2) is 9.47 Å². The average Bonchev–Trinajstić information content (AvgIpc) is 2.92. The Morgan fingerprint density at radius 1 is 1.54 bits per heavy atom. The van der Waals surface area contributed by atoms with Crippen molar-refractivity contribution in [2.75, 3.05) is 25.7 Å². The summed E-state index contributed by atoms with van der Waals surface area (Å²) in [5.74, 6) is -1.33. The first kappa shape index (κ1) is 16.4. The summed E-state index contributed by atoms with van der Waals surface area (Å²) in [4.78, 5) is 28.5. The number of carbonyl (C=O) groups is 1. The molecule has 0 radical (unpaired) electrons. The Bertz CT molecular complexity index is 830. The van der Waals surface area contributed by atoms with Crippen molar-refractivity contribution in [2.24, 2.45) is 0 Å². The van der Waals surface area contributed by atoms with Gasteiger partial charge in [-0.1, -0.05) is 0 Å². The Kier molecular flexibility index (Phi) is 4.25. The first-order valence-corrected chi connectivity index (χ1v) is 7.55. The lowest BCUT2D eigenvalue weighted by Gasteiger charge is -2.19.